The minimum Gasteiger partial charge on any atom is -0.390 e. The highest BCUT2D eigenvalue weighted by molar-refractivity contribution is 4.91. The zero-order valence-electron chi connectivity index (χ0n) is 10.7. The zero-order valence-corrected chi connectivity index (χ0v) is 10.7. The van der Waals surface area contributed by atoms with Gasteiger partial charge in [0.05, 0.1) is 12.2 Å². The average molecular weight is 230 g/mol. The van der Waals surface area contributed by atoms with Gasteiger partial charge >= 0.3 is 0 Å². The molecule has 0 aromatic carbocycles. The summed E-state index contributed by atoms with van der Waals surface area (Å²) in [5, 5.41) is 9.37. The molecule has 3 heteroatoms. The van der Waals surface area contributed by atoms with E-state index in [4.69, 9.17) is 9.47 Å². The highest BCUT2D eigenvalue weighted by Crippen LogP contribution is 2.26. The molecule has 1 N–H and O–H groups in total. The Hall–Kier alpha value is -0.120. The molecule has 3 nitrogen and oxygen atoms in total. The standard InChI is InChI=1S/C13H26O3/c1-3-4-5-6-7-8-9-16-12-10-11(14)13(12)15-2/h11-14H,3-10H2,1-2H3. The summed E-state index contributed by atoms with van der Waals surface area (Å²) >= 11 is 0. The normalized spacial score (nSPS) is 29.1. The largest absolute Gasteiger partial charge is 0.390 e. The molecule has 3 atom stereocenters. The van der Waals surface area contributed by atoms with E-state index >= 15 is 0 Å². The second-order valence-electron chi connectivity index (χ2n) is 4.68. The van der Waals surface area contributed by atoms with Crippen LogP contribution in [0.2, 0.25) is 0 Å². The van der Waals surface area contributed by atoms with Gasteiger partial charge in [0.15, 0.2) is 0 Å². The van der Waals surface area contributed by atoms with Crippen LogP contribution in [0, 0.1) is 0 Å². The van der Waals surface area contributed by atoms with E-state index in [0.717, 1.165) is 19.4 Å². The topological polar surface area (TPSA) is 38.7 Å². The van der Waals surface area contributed by atoms with Crippen molar-refractivity contribution in [1.82, 2.24) is 0 Å². The third kappa shape index (κ3) is 4.40. The maximum Gasteiger partial charge on any atom is 0.109 e. The summed E-state index contributed by atoms with van der Waals surface area (Å²) < 4.78 is 10.8. The second-order valence-corrected chi connectivity index (χ2v) is 4.68. The highest BCUT2D eigenvalue weighted by atomic mass is 16.5. The number of unbranched alkanes of at least 4 members (excludes halogenated alkanes) is 5. The van der Waals surface area contributed by atoms with E-state index in [2.05, 4.69) is 6.92 Å². The molecule has 0 saturated heterocycles. The number of rotatable bonds is 9. The van der Waals surface area contributed by atoms with Crippen molar-refractivity contribution in [2.24, 2.45) is 0 Å². The van der Waals surface area contributed by atoms with Gasteiger partial charge in [-0.05, 0) is 6.42 Å². The van der Waals surface area contributed by atoms with Crippen LogP contribution in [0.4, 0.5) is 0 Å². The van der Waals surface area contributed by atoms with Crippen LogP contribution in [0.25, 0.3) is 0 Å². The molecule has 0 aromatic heterocycles. The molecule has 0 radical (unpaired) electrons. The fourth-order valence-corrected chi connectivity index (χ4v) is 2.15. The Morgan fingerprint density at radius 2 is 1.81 bits per heavy atom. The first-order valence-electron chi connectivity index (χ1n) is 6.62. The molecule has 1 saturated carbocycles. The number of hydrogen-bond acceptors (Lipinski definition) is 3. The molecule has 0 amide bonds. The summed E-state index contributed by atoms with van der Waals surface area (Å²) in [6.45, 7) is 3.04. The maximum atomic E-state index is 9.37. The molecule has 1 fully saturated rings. The third-order valence-electron chi connectivity index (χ3n) is 3.32. The van der Waals surface area contributed by atoms with Crippen molar-refractivity contribution in [1.29, 1.82) is 0 Å². The lowest BCUT2D eigenvalue weighted by Gasteiger charge is -2.39. The molecule has 3 unspecified atom stereocenters. The first-order chi connectivity index (χ1) is 7.79. The molecular formula is C13H26O3. The molecule has 0 bridgehead atoms. The van der Waals surface area contributed by atoms with Crippen LogP contribution in [-0.4, -0.2) is 37.1 Å². The zero-order chi connectivity index (χ0) is 11.8. The summed E-state index contributed by atoms with van der Waals surface area (Å²) in [7, 11) is 1.63. The van der Waals surface area contributed by atoms with Gasteiger partial charge in [-0.1, -0.05) is 39.0 Å². The minimum atomic E-state index is -0.320. The lowest BCUT2D eigenvalue weighted by Crippen LogP contribution is -2.53. The van der Waals surface area contributed by atoms with E-state index in [9.17, 15) is 5.11 Å². The average Bonchev–Trinajstić information content (AvgIpc) is 2.26. The van der Waals surface area contributed by atoms with E-state index in [-0.39, 0.29) is 18.3 Å². The summed E-state index contributed by atoms with van der Waals surface area (Å²) in [6, 6.07) is 0. The number of methoxy groups -OCH3 is 1. The Kier molecular flexibility index (Phi) is 7.01. The van der Waals surface area contributed by atoms with Crippen molar-refractivity contribution in [2.75, 3.05) is 13.7 Å². The highest BCUT2D eigenvalue weighted by Gasteiger charge is 2.40. The minimum absolute atomic E-state index is 0.0971. The van der Waals surface area contributed by atoms with Gasteiger partial charge in [0, 0.05) is 20.1 Å². The molecule has 0 aromatic rings. The number of aliphatic hydroxyl groups excluding tert-OH is 1. The molecule has 1 aliphatic carbocycles. The van der Waals surface area contributed by atoms with Crippen molar-refractivity contribution in [3.63, 3.8) is 0 Å². The van der Waals surface area contributed by atoms with Gasteiger partial charge in [-0.25, -0.2) is 0 Å². The monoisotopic (exact) mass is 230 g/mol. The van der Waals surface area contributed by atoms with Gasteiger partial charge < -0.3 is 14.6 Å². The summed E-state index contributed by atoms with van der Waals surface area (Å²) in [6.07, 6.45) is 8.13. The molecule has 0 spiro atoms. The van der Waals surface area contributed by atoms with Crippen molar-refractivity contribution < 1.29 is 14.6 Å². The SMILES string of the molecule is CCCCCCCCOC1CC(O)C1OC. The van der Waals surface area contributed by atoms with Crippen molar-refractivity contribution in [3.05, 3.63) is 0 Å². The molecule has 0 aliphatic heterocycles. The van der Waals surface area contributed by atoms with E-state index in [0.29, 0.717) is 0 Å². The second kappa shape index (κ2) is 8.04. The van der Waals surface area contributed by atoms with E-state index in [1.54, 1.807) is 7.11 Å². The van der Waals surface area contributed by atoms with E-state index in [1.807, 2.05) is 0 Å². The van der Waals surface area contributed by atoms with Gasteiger partial charge in [0.2, 0.25) is 0 Å². The van der Waals surface area contributed by atoms with Crippen molar-refractivity contribution in [3.8, 4) is 0 Å². The molecule has 96 valence electrons. The van der Waals surface area contributed by atoms with Gasteiger partial charge in [-0.3, -0.25) is 0 Å². The first-order valence-corrected chi connectivity index (χ1v) is 6.62. The Morgan fingerprint density at radius 3 is 2.44 bits per heavy atom. The summed E-state index contributed by atoms with van der Waals surface area (Å²) in [5.41, 5.74) is 0. The van der Waals surface area contributed by atoms with Crippen molar-refractivity contribution >= 4 is 0 Å². The van der Waals surface area contributed by atoms with Gasteiger partial charge in [-0.15, -0.1) is 0 Å². The molecule has 16 heavy (non-hydrogen) atoms. The number of ether oxygens (including phenoxy) is 2. The summed E-state index contributed by atoms with van der Waals surface area (Å²) in [5.74, 6) is 0. The predicted molar refractivity (Wildman–Crippen MR) is 64.5 cm³/mol. The smallest absolute Gasteiger partial charge is 0.109 e. The van der Waals surface area contributed by atoms with Crippen LogP contribution < -0.4 is 0 Å². The van der Waals surface area contributed by atoms with Crippen LogP contribution in [0.3, 0.4) is 0 Å². The van der Waals surface area contributed by atoms with Crippen LogP contribution >= 0.6 is 0 Å². The van der Waals surface area contributed by atoms with Crippen LogP contribution in [0.15, 0.2) is 0 Å². The van der Waals surface area contributed by atoms with Gasteiger partial charge in [-0.2, -0.15) is 0 Å². The maximum absolute atomic E-state index is 9.37. The van der Waals surface area contributed by atoms with Crippen LogP contribution in [0.5, 0.6) is 0 Å². The molecular weight excluding hydrogens is 204 g/mol. The Balaban J connectivity index is 1.88. The lowest BCUT2D eigenvalue weighted by atomic mass is 9.88. The number of hydrogen-bond donors (Lipinski definition) is 1. The molecule has 1 rings (SSSR count). The fourth-order valence-electron chi connectivity index (χ4n) is 2.15. The Morgan fingerprint density at radius 1 is 1.12 bits per heavy atom. The summed E-state index contributed by atoms with van der Waals surface area (Å²) in [4.78, 5) is 0. The van der Waals surface area contributed by atoms with Crippen molar-refractivity contribution in [2.45, 2.75) is 70.2 Å². The van der Waals surface area contributed by atoms with Crippen LogP contribution in [-0.2, 0) is 9.47 Å². The first kappa shape index (κ1) is 13.9. The third-order valence-corrected chi connectivity index (χ3v) is 3.32. The van der Waals surface area contributed by atoms with E-state index < -0.39 is 0 Å². The Labute approximate surface area is 99.1 Å². The Bertz CT molecular complexity index is 173. The van der Waals surface area contributed by atoms with E-state index in [1.165, 1.54) is 32.1 Å². The molecule has 1 aliphatic rings. The fraction of sp³-hybridized carbons (Fsp3) is 1.00. The molecule has 0 heterocycles. The lowest BCUT2D eigenvalue weighted by molar-refractivity contribution is -0.181. The van der Waals surface area contributed by atoms with Gasteiger partial charge in [0.25, 0.3) is 0 Å². The predicted octanol–water partition coefficient (Wildman–Crippen LogP) is 2.51. The van der Waals surface area contributed by atoms with Crippen LogP contribution in [0.1, 0.15) is 51.9 Å². The van der Waals surface area contributed by atoms with Gasteiger partial charge in [0.1, 0.15) is 6.10 Å². The number of aliphatic hydroxyl groups is 1. The quantitative estimate of drug-likeness (QED) is 0.619.